The van der Waals surface area contributed by atoms with E-state index in [1.807, 2.05) is 19.4 Å². The zero-order valence-corrected chi connectivity index (χ0v) is 21.0. The Morgan fingerprint density at radius 3 is 2.63 bits per heavy atom. The maximum absolute atomic E-state index is 13.1. The number of hydrogen-bond donors (Lipinski definition) is 2. The number of carbonyl (C=O) groups is 2. The number of nitrogens with one attached hydrogen (secondary N) is 2. The number of thiazole rings is 1. The Bertz CT molecular complexity index is 1410. The molecule has 0 bridgehead atoms. The van der Waals surface area contributed by atoms with Crippen LogP contribution in [0.3, 0.4) is 0 Å². The fourth-order valence-corrected chi connectivity index (χ4v) is 5.38. The van der Waals surface area contributed by atoms with Crippen molar-refractivity contribution in [1.82, 2.24) is 34.6 Å². The molecule has 0 saturated carbocycles. The van der Waals surface area contributed by atoms with Crippen molar-refractivity contribution < 1.29 is 9.59 Å². The number of amides is 2. The Morgan fingerprint density at radius 2 is 1.91 bits per heavy atom. The number of carbonyl (C=O) groups excluding carboxylic acids is 2. The molecule has 4 aromatic rings. The molecule has 1 saturated heterocycles. The highest BCUT2D eigenvalue weighted by molar-refractivity contribution is 7.21. The van der Waals surface area contributed by atoms with Gasteiger partial charge in [-0.25, -0.2) is 4.52 Å². The van der Waals surface area contributed by atoms with Crippen molar-refractivity contribution in [2.24, 2.45) is 12.5 Å². The molecule has 2 N–H and O–H groups in total. The van der Waals surface area contributed by atoms with Crippen molar-refractivity contribution in [3.8, 4) is 10.4 Å². The smallest absolute Gasteiger partial charge is 0.260 e. The van der Waals surface area contributed by atoms with Crippen LogP contribution in [0, 0.1) is 12.3 Å². The summed E-state index contributed by atoms with van der Waals surface area (Å²) in [5, 5.41) is 14.4. The highest BCUT2D eigenvalue weighted by Crippen LogP contribution is 2.30. The summed E-state index contributed by atoms with van der Waals surface area (Å²) in [6.45, 7) is 9.74. The van der Waals surface area contributed by atoms with Crippen LogP contribution in [-0.4, -0.2) is 67.3 Å². The molecule has 35 heavy (non-hydrogen) atoms. The van der Waals surface area contributed by atoms with E-state index in [-0.39, 0.29) is 11.8 Å². The van der Waals surface area contributed by atoms with E-state index in [0.717, 1.165) is 34.9 Å². The van der Waals surface area contributed by atoms with Crippen LogP contribution < -0.4 is 10.6 Å². The number of pyridine rings is 1. The molecular weight excluding hydrogens is 464 g/mol. The third-order valence-electron chi connectivity index (χ3n) is 6.04. The van der Waals surface area contributed by atoms with Gasteiger partial charge in [0.15, 0.2) is 0 Å². The van der Waals surface area contributed by atoms with E-state index in [4.69, 9.17) is 0 Å². The number of nitrogens with zero attached hydrogens (tertiary/aromatic N) is 6. The van der Waals surface area contributed by atoms with E-state index in [2.05, 4.69) is 44.6 Å². The van der Waals surface area contributed by atoms with Gasteiger partial charge in [0.2, 0.25) is 0 Å². The van der Waals surface area contributed by atoms with E-state index in [0.29, 0.717) is 34.5 Å². The second kappa shape index (κ2) is 8.90. The van der Waals surface area contributed by atoms with Gasteiger partial charge in [-0.3, -0.25) is 19.3 Å². The molecule has 0 unspecified atom stereocenters. The van der Waals surface area contributed by atoms with Gasteiger partial charge in [0, 0.05) is 57.4 Å². The number of likely N-dealkylation sites (tertiary alicyclic amines) is 1. The second-order valence-electron chi connectivity index (χ2n) is 9.75. The standard InChI is InChI=1S/C24H28N8O2S/c1-15-19(7-16(8-26-15)21(33)25-5-6-31-13-24(2,3)14-31)29-22(34)18-10-28-32-12-20(35-23(18)32)17-9-27-30(4)11-17/h7-12H,5-6,13-14H2,1-4H3,(H,25,33)(H,29,34). The molecule has 1 aliphatic heterocycles. The lowest BCUT2D eigenvalue weighted by Gasteiger charge is -2.45. The predicted molar refractivity (Wildman–Crippen MR) is 135 cm³/mol. The minimum absolute atomic E-state index is 0.208. The predicted octanol–water partition coefficient (Wildman–Crippen LogP) is 2.82. The summed E-state index contributed by atoms with van der Waals surface area (Å²) in [6, 6.07) is 1.67. The zero-order valence-electron chi connectivity index (χ0n) is 20.2. The van der Waals surface area contributed by atoms with Crippen molar-refractivity contribution in [2.75, 3.05) is 31.5 Å². The number of aromatic nitrogens is 5. The lowest BCUT2D eigenvalue weighted by atomic mass is 9.84. The van der Waals surface area contributed by atoms with Crippen molar-refractivity contribution >= 4 is 33.7 Å². The fraction of sp³-hybridized carbons (Fsp3) is 0.375. The molecule has 5 rings (SSSR count). The number of anilines is 1. The molecule has 1 fully saturated rings. The van der Waals surface area contributed by atoms with Crippen LogP contribution in [0.5, 0.6) is 0 Å². The molecule has 0 aliphatic carbocycles. The van der Waals surface area contributed by atoms with Gasteiger partial charge >= 0.3 is 0 Å². The summed E-state index contributed by atoms with van der Waals surface area (Å²) >= 11 is 1.47. The van der Waals surface area contributed by atoms with Crippen LogP contribution in [0.2, 0.25) is 0 Å². The number of fused-ring (bicyclic) bond motifs is 1. The van der Waals surface area contributed by atoms with Gasteiger partial charge in [-0.2, -0.15) is 10.2 Å². The van der Waals surface area contributed by atoms with Crippen molar-refractivity contribution in [3.63, 3.8) is 0 Å². The molecule has 10 nitrogen and oxygen atoms in total. The molecule has 0 atom stereocenters. The summed E-state index contributed by atoms with van der Waals surface area (Å²) in [6.07, 6.45) is 8.66. The molecule has 11 heteroatoms. The summed E-state index contributed by atoms with van der Waals surface area (Å²) in [5.74, 6) is -0.512. The highest BCUT2D eigenvalue weighted by atomic mass is 32.1. The summed E-state index contributed by atoms with van der Waals surface area (Å²) < 4.78 is 3.42. The highest BCUT2D eigenvalue weighted by Gasteiger charge is 2.33. The van der Waals surface area contributed by atoms with Gasteiger partial charge in [-0.05, 0) is 18.4 Å². The largest absolute Gasteiger partial charge is 0.351 e. The van der Waals surface area contributed by atoms with Gasteiger partial charge in [0.25, 0.3) is 11.8 Å². The van der Waals surface area contributed by atoms with Crippen LogP contribution in [0.1, 0.15) is 40.3 Å². The van der Waals surface area contributed by atoms with Gasteiger partial charge in [-0.1, -0.05) is 13.8 Å². The van der Waals surface area contributed by atoms with Crippen LogP contribution in [-0.2, 0) is 7.05 Å². The third kappa shape index (κ3) is 4.82. The lowest BCUT2D eigenvalue weighted by molar-refractivity contribution is 0.0323. The molecule has 1 aliphatic rings. The number of aryl methyl sites for hydroxylation is 2. The van der Waals surface area contributed by atoms with Gasteiger partial charge < -0.3 is 15.5 Å². The molecule has 182 valence electrons. The maximum atomic E-state index is 13.1. The zero-order chi connectivity index (χ0) is 24.7. The van der Waals surface area contributed by atoms with Crippen molar-refractivity contribution in [3.05, 3.63) is 53.9 Å². The Hall–Kier alpha value is -3.57. The molecule has 5 heterocycles. The van der Waals surface area contributed by atoms with Gasteiger partial charge in [-0.15, -0.1) is 11.3 Å². The second-order valence-corrected chi connectivity index (χ2v) is 10.8. The van der Waals surface area contributed by atoms with Crippen LogP contribution in [0.15, 0.2) is 37.1 Å². The van der Waals surface area contributed by atoms with Crippen LogP contribution >= 0.6 is 11.3 Å². The molecule has 0 aromatic carbocycles. The molecule has 2 amide bonds. The Labute approximate surface area is 207 Å². The van der Waals surface area contributed by atoms with Crippen LogP contribution in [0.25, 0.3) is 15.3 Å². The first-order chi connectivity index (χ1) is 16.7. The van der Waals surface area contributed by atoms with Crippen molar-refractivity contribution in [2.45, 2.75) is 20.8 Å². The Morgan fingerprint density at radius 1 is 1.11 bits per heavy atom. The molecule has 0 spiro atoms. The van der Waals surface area contributed by atoms with E-state index in [9.17, 15) is 9.59 Å². The summed E-state index contributed by atoms with van der Waals surface area (Å²) in [5.41, 5.74) is 3.31. The SMILES string of the molecule is Cc1ncc(C(=O)NCCN2CC(C)(C)C2)cc1NC(=O)c1cnn2cc(-c3cnn(C)c3)sc12. The Balaban J connectivity index is 1.26. The molecular formula is C24H28N8O2S. The molecule has 4 aromatic heterocycles. The van der Waals surface area contributed by atoms with E-state index in [1.165, 1.54) is 17.5 Å². The maximum Gasteiger partial charge on any atom is 0.260 e. The monoisotopic (exact) mass is 492 g/mol. The average Bonchev–Trinajstić information content (AvgIpc) is 3.49. The Kier molecular flexibility index (Phi) is 5.89. The fourth-order valence-electron chi connectivity index (χ4n) is 4.35. The quantitative estimate of drug-likeness (QED) is 0.411. The van der Waals surface area contributed by atoms with E-state index >= 15 is 0 Å². The number of rotatable bonds is 7. The van der Waals surface area contributed by atoms with E-state index in [1.54, 1.807) is 34.6 Å². The topological polar surface area (TPSA) is 109 Å². The van der Waals surface area contributed by atoms with Crippen LogP contribution in [0.4, 0.5) is 5.69 Å². The van der Waals surface area contributed by atoms with Gasteiger partial charge in [0.1, 0.15) is 4.83 Å². The molecule has 0 radical (unpaired) electrons. The first kappa shape index (κ1) is 23.2. The van der Waals surface area contributed by atoms with Gasteiger partial charge in [0.05, 0.1) is 39.8 Å². The minimum atomic E-state index is -0.303. The average molecular weight is 493 g/mol. The first-order valence-electron chi connectivity index (χ1n) is 11.4. The first-order valence-corrected chi connectivity index (χ1v) is 12.2. The third-order valence-corrected chi connectivity index (χ3v) is 7.21. The van der Waals surface area contributed by atoms with E-state index < -0.39 is 0 Å². The normalized spacial score (nSPS) is 15.2. The van der Waals surface area contributed by atoms with Crippen molar-refractivity contribution in [1.29, 1.82) is 0 Å². The lowest BCUT2D eigenvalue weighted by Crippen LogP contribution is -2.54. The summed E-state index contributed by atoms with van der Waals surface area (Å²) in [4.78, 5) is 34.1. The number of hydrogen-bond acceptors (Lipinski definition) is 7. The minimum Gasteiger partial charge on any atom is -0.351 e. The summed E-state index contributed by atoms with van der Waals surface area (Å²) in [7, 11) is 1.86.